The molecule has 0 aromatic carbocycles. The maximum Gasteiger partial charge on any atom is 0.220 e. The number of allylic oxidation sites excluding steroid dienone is 4. The molecule has 0 spiro atoms. The van der Waals surface area contributed by atoms with Crippen LogP contribution < -0.4 is 5.32 Å². The zero-order chi connectivity index (χ0) is 38.7. The van der Waals surface area contributed by atoms with Crippen molar-refractivity contribution in [1.29, 1.82) is 0 Å². The number of hydrogen-bond donors (Lipinski definition) is 4. The molecule has 0 aromatic heterocycles. The van der Waals surface area contributed by atoms with Gasteiger partial charge >= 0.3 is 0 Å². The molecule has 0 bridgehead atoms. The van der Waals surface area contributed by atoms with Gasteiger partial charge in [-0.2, -0.15) is 0 Å². The molecular formula is C48H93NO4. The summed E-state index contributed by atoms with van der Waals surface area (Å²) in [6, 6.07) is -0.826. The number of carbonyl (C=O) groups excluding carboxylic acids is 1. The second kappa shape index (κ2) is 43.6. The van der Waals surface area contributed by atoms with Gasteiger partial charge in [0.1, 0.15) is 6.10 Å². The summed E-state index contributed by atoms with van der Waals surface area (Å²) < 4.78 is 0. The molecule has 53 heavy (non-hydrogen) atoms. The lowest BCUT2D eigenvalue weighted by atomic mass is 10.0. The standard InChI is InChI=1S/C48H93NO4/c1-3-5-7-9-11-13-15-17-19-20-21-22-23-24-25-26-27-29-30-32-34-36-38-40-42-46(51)48(53)45(44-50)49-47(52)43-41-39-37-35-33-31-28-18-16-14-12-10-8-6-4-2/h14,16,34,36,45-46,48,50-51,53H,3-13,15,17-33,35,37-44H2,1-2H3,(H,49,52)/b16-14-,36-34+. The first-order chi connectivity index (χ1) is 26.1. The Morgan fingerprint density at radius 1 is 0.453 bits per heavy atom. The zero-order valence-electron chi connectivity index (χ0n) is 35.7. The van der Waals surface area contributed by atoms with Crippen LogP contribution in [0.4, 0.5) is 0 Å². The predicted molar refractivity (Wildman–Crippen MR) is 231 cm³/mol. The number of carbonyl (C=O) groups is 1. The van der Waals surface area contributed by atoms with Crippen LogP contribution in [0, 0.1) is 0 Å². The molecule has 0 saturated heterocycles. The fourth-order valence-electron chi connectivity index (χ4n) is 7.33. The summed E-state index contributed by atoms with van der Waals surface area (Å²) in [5.74, 6) is -0.158. The number of amides is 1. The molecule has 0 aliphatic heterocycles. The molecule has 4 N–H and O–H groups in total. The van der Waals surface area contributed by atoms with Gasteiger partial charge in [-0.3, -0.25) is 4.79 Å². The molecular weight excluding hydrogens is 655 g/mol. The third kappa shape index (κ3) is 38.9. The van der Waals surface area contributed by atoms with Crippen LogP contribution in [0.5, 0.6) is 0 Å². The molecule has 314 valence electrons. The van der Waals surface area contributed by atoms with E-state index in [1.165, 1.54) is 186 Å². The van der Waals surface area contributed by atoms with Crippen molar-refractivity contribution in [3.63, 3.8) is 0 Å². The topological polar surface area (TPSA) is 89.8 Å². The van der Waals surface area contributed by atoms with Gasteiger partial charge in [0.15, 0.2) is 0 Å². The van der Waals surface area contributed by atoms with Gasteiger partial charge in [0.25, 0.3) is 0 Å². The Bertz CT molecular complexity index is 784. The molecule has 0 heterocycles. The summed E-state index contributed by atoms with van der Waals surface area (Å²) in [7, 11) is 0. The lowest BCUT2D eigenvalue weighted by Gasteiger charge is -2.26. The van der Waals surface area contributed by atoms with Crippen molar-refractivity contribution in [2.45, 2.75) is 270 Å². The highest BCUT2D eigenvalue weighted by atomic mass is 16.3. The zero-order valence-corrected chi connectivity index (χ0v) is 35.7. The molecule has 3 unspecified atom stereocenters. The Morgan fingerprint density at radius 2 is 0.755 bits per heavy atom. The van der Waals surface area contributed by atoms with Gasteiger partial charge in [0.05, 0.1) is 18.8 Å². The maximum atomic E-state index is 12.4. The number of aliphatic hydroxyl groups excluding tert-OH is 3. The quantitative estimate of drug-likeness (QED) is 0.0369. The lowest BCUT2D eigenvalue weighted by Crippen LogP contribution is -2.50. The summed E-state index contributed by atoms with van der Waals surface area (Å²) in [5, 5.41) is 33.6. The highest BCUT2D eigenvalue weighted by Gasteiger charge is 2.26. The smallest absolute Gasteiger partial charge is 0.220 e. The third-order valence-electron chi connectivity index (χ3n) is 11.0. The van der Waals surface area contributed by atoms with Crippen molar-refractivity contribution in [3.8, 4) is 0 Å². The Balaban J connectivity index is 3.61. The third-order valence-corrected chi connectivity index (χ3v) is 11.0. The molecule has 3 atom stereocenters. The first kappa shape index (κ1) is 51.8. The second-order valence-electron chi connectivity index (χ2n) is 16.3. The van der Waals surface area contributed by atoms with E-state index in [0.717, 1.165) is 38.5 Å². The van der Waals surface area contributed by atoms with E-state index in [4.69, 9.17) is 0 Å². The molecule has 0 fully saturated rings. The monoisotopic (exact) mass is 748 g/mol. The Hall–Kier alpha value is -1.17. The molecule has 0 rings (SSSR count). The largest absolute Gasteiger partial charge is 0.394 e. The SMILES string of the molecule is CCCCCC/C=C\CCCCCCCCCC(=O)NC(CO)C(O)C(O)CCC/C=C/CCCCCCCCCCCCCCCCCCCCC. The van der Waals surface area contributed by atoms with E-state index in [-0.39, 0.29) is 12.5 Å². The first-order valence-corrected chi connectivity index (χ1v) is 23.6. The summed E-state index contributed by atoms with van der Waals surface area (Å²) in [6.45, 7) is 4.17. The second-order valence-corrected chi connectivity index (χ2v) is 16.3. The first-order valence-electron chi connectivity index (χ1n) is 23.6. The van der Waals surface area contributed by atoms with Gasteiger partial charge in [-0.15, -0.1) is 0 Å². The molecule has 5 heteroatoms. The van der Waals surface area contributed by atoms with Crippen LogP contribution >= 0.6 is 0 Å². The van der Waals surface area contributed by atoms with Crippen molar-refractivity contribution >= 4 is 5.91 Å². The van der Waals surface area contributed by atoms with Crippen LogP contribution in [-0.4, -0.2) is 46.1 Å². The van der Waals surface area contributed by atoms with E-state index >= 15 is 0 Å². The Kier molecular flexibility index (Phi) is 42.6. The minimum Gasteiger partial charge on any atom is -0.394 e. The highest BCUT2D eigenvalue weighted by molar-refractivity contribution is 5.76. The predicted octanol–water partition coefficient (Wildman–Crippen LogP) is 13.8. The van der Waals surface area contributed by atoms with Gasteiger partial charge in [0, 0.05) is 6.42 Å². The maximum absolute atomic E-state index is 12.4. The summed E-state index contributed by atoms with van der Waals surface area (Å²) in [6.07, 6.45) is 53.0. The molecule has 0 saturated carbocycles. The average molecular weight is 748 g/mol. The molecule has 0 radical (unpaired) electrons. The van der Waals surface area contributed by atoms with E-state index in [1.54, 1.807) is 0 Å². The van der Waals surface area contributed by atoms with E-state index in [0.29, 0.717) is 12.8 Å². The summed E-state index contributed by atoms with van der Waals surface area (Å²) in [5.41, 5.74) is 0. The lowest BCUT2D eigenvalue weighted by molar-refractivity contribution is -0.124. The van der Waals surface area contributed by atoms with Crippen LogP contribution in [0.15, 0.2) is 24.3 Å². The molecule has 1 amide bonds. The Morgan fingerprint density at radius 3 is 1.11 bits per heavy atom. The van der Waals surface area contributed by atoms with Crippen molar-refractivity contribution < 1.29 is 20.1 Å². The average Bonchev–Trinajstić information content (AvgIpc) is 3.16. The normalized spacial score (nSPS) is 13.7. The highest BCUT2D eigenvalue weighted by Crippen LogP contribution is 2.16. The van der Waals surface area contributed by atoms with Crippen molar-refractivity contribution in [2.24, 2.45) is 0 Å². The van der Waals surface area contributed by atoms with Crippen molar-refractivity contribution in [2.75, 3.05) is 6.61 Å². The van der Waals surface area contributed by atoms with Crippen LogP contribution in [0.25, 0.3) is 0 Å². The number of aliphatic hydroxyl groups is 3. The molecule has 5 nitrogen and oxygen atoms in total. The van der Waals surface area contributed by atoms with Gasteiger partial charge < -0.3 is 20.6 Å². The molecule has 0 aliphatic rings. The van der Waals surface area contributed by atoms with Gasteiger partial charge in [0.2, 0.25) is 5.91 Å². The minimum absolute atomic E-state index is 0.158. The number of nitrogens with one attached hydrogen (secondary N) is 1. The molecule has 0 aromatic rings. The van der Waals surface area contributed by atoms with Crippen molar-refractivity contribution in [3.05, 3.63) is 24.3 Å². The van der Waals surface area contributed by atoms with Gasteiger partial charge in [-0.25, -0.2) is 0 Å². The fraction of sp³-hybridized carbons (Fsp3) is 0.896. The molecule has 0 aliphatic carbocycles. The number of unbranched alkanes of at least 4 members (excludes halogenated alkanes) is 31. The summed E-state index contributed by atoms with van der Waals surface area (Å²) in [4.78, 5) is 12.4. The Labute approximate surface area is 331 Å². The van der Waals surface area contributed by atoms with Gasteiger partial charge in [-0.1, -0.05) is 205 Å². The van der Waals surface area contributed by atoms with E-state index in [9.17, 15) is 20.1 Å². The summed E-state index contributed by atoms with van der Waals surface area (Å²) >= 11 is 0. The van der Waals surface area contributed by atoms with E-state index < -0.39 is 18.2 Å². The number of rotatable bonds is 43. The van der Waals surface area contributed by atoms with Gasteiger partial charge in [-0.05, 0) is 64.2 Å². The van der Waals surface area contributed by atoms with Crippen LogP contribution in [0.3, 0.4) is 0 Å². The van der Waals surface area contributed by atoms with Crippen LogP contribution in [0.2, 0.25) is 0 Å². The minimum atomic E-state index is -1.16. The van der Waals surface area contributed by atoms with Crippen LogP contribution in [0.1, 0.15) is 251 Å². The van der Waals surface area contributed by atoms with Crippen LogP contribution in [-0.2, 0) is 4.79 Å². The van der Waals surface area contributed by atoms with Crippen molar-refractivity contribution in [1.82, 2.24) is 5.32 Å². The number of hydrogen-bond acceptors (Lipinski definition) is 4. The van der Waals surface area contributed by atoms with E-state index in [2.05, 4.69) is 43.5 Å². The fourth-order valence-corrected chi connectivity index (χ4v) is 7.33. The van der Waals surface area contributed by atoms with E-state index in [1.807, 2.05) is 0 Å².